The molecule has 2 aromatic heterocycles. The number of aromatic nitrogens is 3. The van der Waals surface area contributed by atoms with Gasteiger partial charge in [0.1, 0.15) is 0 Å². The molecule has 23 heavy (non-hydrogen) atoms. The first-order valence-electron chi connectivity index (χ1n) is 7.46. The van der Waals surface area contributed by atoms with Gasteiger partial charge in [-0.2, -0.15) is 0 Å². The topological polar surface area (TPSA) is 96.7 Å². The summed E-state index contributed by atoms with van der Waals surface area (Å²) in [6, 6.07) is 5.60. The molecule has 0 aliphatic carbocycles. The van der Waals surface area contributed by atoms with Gasteiger partial charge in [0.2, 0.25) is 15.9 Å². The van der Waals surface area contributed by atoms with Crippen molar-refractivity contribution >= 4 is 21.6 Å². The van der Waals surface area contributed by atoms with Crippen molar-refractivity contribution in [3.63, 3.8) is 0 Å². The number of sulfonamides is 1. The summed E-state index contributed by atoms with van der Waals surface area (Å²) < 4.78 is 26.2. The highest BCUT2D eigenvalue weighted by Crippen LogP contribution is 2.19. The maximum Gasteiger partial charge on any atom is 0.223 e. The van der Waals surface area contributed by atoms with Gasteiger partial charge in [0.05, 0.1) is 12.8 Å². The van der Waals surface area contributed by atoms with E-state index in [-0.39, 0.29) is 11.8 Å². The van der Waals surface area contributed by atoms with E-state index in [0.717, 1.165) is 5.65 Å². The molecule has 3 rings (SSSR count). The van der Waals surface area contributed by atoms with E-state index in [2.05, 4.69) is 15.5 Å². The van der Waals surface area contributed by atoms with Crippen molar-refractivity contribution in [2.24, 2.45) is 5.92 Å². The Morgan fingerprint density at radius 3 is 2.74 bits per heavy atom. The van der Waals surface area contributed by atoms with Gasteiger partial charge in [-0.25, -0.2) is 12.7 Å². The highest BCUT2D eigenvalue weighted by atomic mass is 32.2. The minimum atomic E-state index is -3.17. The Morgan fingerprint density at radius 2 is 2.04 bits per heavy atom. The molecule has 0 atom stereocenters. The number of piperidine rings is 1. The van der Waals surface area contributed by atoms with Crippen LogP contribution < -0.4 is 5.32 Å². The van der Waals surface area contributed by atoms with Gasteiger partial charge in [0.15, 0.2) is 11.5 Å². The van der Waals surface area contributed by atoms with E-state index >= 15 is 0 Å². The Hall–Kier alpha value is -2.00. The second-order valence-electron chi connectivity index (χ2n) is 5.70. The molecule has 0 radical (unpaired) electrons. The Morgan fingerprint density at radius 1 is 1.30 bits per heavy atom. The molecular formula is C14H19N5O3S. The molecule has 9 heteroatoms. The second-order valence-corrected chi connectivity index (χ2v) is 7.68. The normalized spacial score (nSPS) is 17.4. The van der Waals surface area contributed by atoms with Crippen LogP contribution in [0.15, 0.2) is 24.4 Å². The van der Waals surface area contributed by atoms with Crippen molar-refractivity contribution in [2.75, 3.05) is 19.3 Å². The number of hydrogen-bond donors (Lipinski definition) is 1. The molecule has 1 aliphatic rings. The lowest BCUT2D eigenvalue weighted by atomic mass is 9.97. The van der Waals surface area contributed by atoms with E-state index in [1.54, 1.807) is 0 Å². The smallest absolute Gasteiger partial charge is 0.223 e. The molecular weight excluding hydrogens is 318 g/mol. The zero-order valence-electron chi connectivity index (χ0n) is 12.8. The molecule has 1 aliphatic heterocycles. The Bertz CT molecular complexity index is 809. The first kappa shape index (κ1) is 15.9. The van der Waals surface area contributed by atoms with Gasteiger partial charge in [-0.05, 0) is 25.0 Å². The van der Waals surface area contributed by atoms with Crippen LogP contribution in [0.1, 0.15) is 18.7 Å². The Balaban J connectivity index is 1.56. The van der Waals surface area contributed by atoms with Crippen molar-refractivity contribution in [3.05, 3.63) is 30.2 Å². The van der Waals surface area contributed by atoms with Crippen molar-refractivity contribution < 1.29 is 13.2 Å². The van der Waals surface area contributed by atoms with Gasteiger partial charge >= 0.3 is 0 Å². The molecule has 2 aromatic rings. The van der Waals surface area contributed by atoms with Crippen molar-refractivity contribution in [2.45, 2.75) is 19.4 Å². The lowest BCUT2D eigenvalue weighted by Crippen LogP contribution is -2.42. The number of amides is 1. The van der Waals surface area contributed by atoms with Gasteiger partial charge in [0.25, 0.3) is 0 Å². The predicted octanol–water partition coefficient (Wildman–Crippen LogP) is 0.0171. The van der Waals surface area contributed by atoms with Crippen molar-refractivity contribution in [1.29, 1.82) is 0 Å². The standard InChI is InChI=1S/C14H19N5O3S/c1-23(21,22)18-8-5-11(6-9-18)14(20)15-10-13-17-16-12-4-2-3-7-19(12)13/h2-4,7,11H,5-6,8-10H2,1H3,(H,15,20). The molecule has 0 unspecified atom stereocenters. The fourth-order valence-corrected chi connectivity index (χ4v) is 3.65. The Kier molecular flexibility index (Phi) is 4.31. The summed E-state index contributed by atoms with van der Waals surface area (Å²) in [6.07, 6.45) is 4.13. The van der Waals surface area contributed by atoms with Crippen molar-refractivity contribution in [3.8, 4) is 0 Å². The summed E-state index contributed by atoms with van der Waals surface area (Å²) in [7, 11) is -3.17. The molecule has 3 heterocycles. The molecule has 1 saturated heterocycles. The van der Waals surface area contributed by atoms with E-state index in [4.69, 9.17) is 0 Å². The maximum absolute atomic E-state index is 12.2. The highest BCUT2D eigenvalue weighted by molar-refractivity contribution is 7.88. The van der Waals surface area contributed by atoms with Crippen LogP contribution in [-0.2, 0) is 21.4 Å². The first-order valence-corrected chi connectivity index (χ1v) is 9.31. The zero-order chi connectivity index (χ0) is 16.4. The molecule has 1 fully saturated rings. The number of carbonyl (C=O) groups is 1. The second kappa shape index (κ2) is 6.25. The zero-order valence-corrected chi connectivity index (χ0v) is 13.7. The number of pyridine rings is 1. The third-order valence-corrected chi connectivity index (χ3v) is 5.40. The average Bonchev–Trinajstić information content (AvgIpc) is 2.95. The van der Waals surface area contributed by atoms with Crippen LogP contribution in [0.3, 0.4) is 0 Å². The fraction of sp³-hybridized carbons (Fsp3) is 0.500. The van der Waals surface area contributed by atoms with E-state index in [1.165, 1.54) is 10.6 Å². The molecule has 0 bridgehead atoms. The summed E-state index contributed by atoms with van der Waals surface area (Å²) in [5, 5.41) is 11.0. The molecule has 124 valence electrons. The molecule has 0 aromatic carbocycles. The Labute approximate surface area is 134 Å². The number of hydrogen-bond acceptors (Lipinski definition) is 5. The van der Waals surface area contributed by atoms with Crippen LogP contribution in [0.4, 0.5) is 0 Å². The third-order valence-electron chi connectivity index (χ3n) is 4.10. The van der Waals surface area contributed by atoms with Crippen LogP contribution in [0.2, 0.25) is 0 Å². The van der Waals surface area contributed by atoms with Gasteiger partial charge in [-0.1, -0.05) is 6.07 Å². The van der Waals surface area contributed by atoms with E-state index in [0.29, 0.717) is 38.3 Å². The molecule has 0 spiro atoms. The molecule has 1 amide bonds. The summed E-state index contributed by atoms with van der Waals surface area (Å²) in [5.41, 5.74) is 0.734. The van der Waals surface area contributed by atoms with E-state index < -0.39 is 10.0 Å². The molecule has 8 nitrogen and oxygen atoms in total. The van der Waals surface area contributed by atoms with Gasteiger partial charge in [-0.3, -0.25) is 9.20 Å². The van der Waals surface area contributed by atoms with E-state index in [9.17, 15) is 13.2 Å². The fourth-order valence-electron chi connectivity index (χ4n) is 2.77. The number of rotatable bonds is 4. The van der Waals surface area contributed by atoms with Gasteiger partial charge in [-0.15, -0.1) is 10.2 Å². The van der Waals surface area contributed by atoms with Gasteiger partial charge < -0.3 is 5.32 Å². The lowest BCUT2D eigenvalue weighted by Gasteiger charge is -2.29. The number of nitrogens with zero attached hydrogens (tertiary/aromatic N) is 4. The highest BCUT2D eigenvalue weighted by Gasteiger charge is 2.28. The van der Waals surface area contributed by atoms with Crippen LogP contribution >= 0.6 is 0 Å². The monoisotopic (exact) mass is 337 g/mol. The molecule has 0 saturated carbocycles. The lowest BCUT2D eigenvalue weighted by molar-refractivity contribution is -0.126. The SMILES string of the molecule is CS(=O)(=O)N1CCC(C(=O)NCc2nnc3ccccn23)CC1. The third kappa shape index (κ3) is 3.50. The van der Waals surface area contributed by atoms with Crippen LogP contribution in [-0.4, -0.2) is 52.6 Å². The minimum Gasteiger partial charge on any atom is -0.349 e. The summed E-state index contributed by atoms with van der Waals surface area (Å²) >= 11 is 0. The number of carbonyl (C=O) groups excluding carboxylic acids is 1. The van der Waals surface area contributed by atoms with Crippen LogP contribution in [0.25, 0.3) is 5.65 Å². The van der Waals surface area contributed by atoms with Crippen LogP contribution in [0, 0.1) is 5.92 Å². The molecule has 1 N–H and O–H groups in total. The van der Waals surface area contributed by atoms with E-state index in [1.807, 2.05) is 28.8 Å². The summed E-state index contributed by atoms with van der Waals surface area (Å²) in [4.78, 5) is 12.2. The van der Waals surface area contributed by atoms with Crippen LogP contribution in [0.5, 0.6) is 0 Å². The summed E-state index contributed by atoms with van der Waals surface area (Å²) in [5.74, 6) is 0.445. The minimum absolute atomic E-state index is 0.0640. The summed E-state index contributed by atoms with van der Waals surface area (Å²) in [6.45, 7) is 1.09. The average molecular weight is 337 g/mol. The quantitative estimate of drug-likeness (QED) is 0.848. The predicted molar refractivity (Wildman–Crippen MR) is 84.0 cm³/mol. The van der Waals surface area contributed by atoms with Crippen molar-refractivity contribution in [1.82, 2.24) is 24.2 Å². The van der Waals surface area contributed by atoms with Gasteiger partial charge in [0, 0.05) is 25.2 Å². The number of fused-ring (bicyclic) bond motifs is 1. The number of nitrogens with one attached hydrogen (secondary N) is 1. The maximum atomic E-state index is 12.2. The largest absolute Gasteiger partial charge is 0.349 e. The first-order chi connectivity index (χ1) is 10.9.